The average Bonchev–Trinajstić information content (AvgIpc) is 2.28. The third-order valence-electron chi connectivity index (χ3n) is 2.12. The van der Waals surface area contributed by atoms with E-state index in [1.807, 2.05) is 0 Å². The third-order valence-corrected chi connectivity index (χ3v) is 2.12. The number of nitrogens with two attached hydrogens (primary N) is 1. The molecule has 98 valence electrons. The molecule has 1 aromatic rings. The maximum Gasteiger partial charge on any atom is 0.404 e. The first-order chi connectivity index (χ1) is 8.41. The third kappa shape index (κ3) is 3.69. The molecule has 2 amide bonds. The molecule has 0 atom stereocenters. The molecule has 0 radical (unpaired) electrons. The first kappa shape index (κ1) is 13.9. The van der Waals surface area contributed by atoms with Gasteiger partial charge in [0.15, 0.2) is 0 Å². The molecule has 0 aliphatic carbocycles. The van der Waals surface area contributed by atoms with Crippen molar-refractivity contribution in [1.82, 2.24) is 5.32 Å². The Hall–Kier alpha value is -2.18. The van der Waals surface area contributed by atoms with Crippen molar-refractivity contribution < 1.29 is 23.1 Å². The van der Waals surface area contributed by atoms with Crippen LogP contribution in [0.15, 0.2) is 12.1 Å². The highest BCUT2D eigenvalue weighted by atomic mass is 19.1. The number of carbonyl (C=O) groups excluding carboxylic acids is 2. The van der Waals surface area contributed by atoms with E-state index < -0.39 is 23.6 Å². The summed E-state index contributed by atoms with van der Waals surface area (Å²) in [5.74, 6) is -2.39. The smallest absolute Gasteiger partial charge is 0.404 e. The molecule has 0 bridgehead atoms. The Balaban J connectivity index is 2.62. The number of rotatable bonds is 4. The van der Waals surface area contributed by atoms with Gasteiger partial charge in [-0.15, -0.1) is 0 Å². The van der Waals surface area contributed by atoms with Gasteiger partial charge in [-0.25, -0.2) is 13.6 Å². The maximum atomic E-state index is 13.3. The molecular formula is C11H12F2N2O3. The van der Waals surface area contributed by atoms with Crippen molar-refractivity contribution in [1.29, 1.82) is 0 Å². The molecule has 1 rings (SSSR count). The summed E-state index contributed by atoms with van der Waals surface area (Å²) in [6, 6.07) is 1.75. The van der Waals surface area contributed by atoms with Crippen LogP contribution in [-0.2, 0) is 4.74 Å². The molecule has 0 spiro atoms. The zero-order valence-electron chi connectivity index (χ0n) is 9.63. The van der Waals surface area contributed by atoms with E-state index >= 15 is 0 Å². The number of ether oxygens (including phenoxy) is 1. The highest BCUT2D eigenvalue weighted by Crippen LogP contribution is 2.13. The molecule has 0 heterocycles. The zero-order chi connectivity index (χ0) is 13.7. The van der Waals surface area contributed by atoms with Crippen molar-refractivity contribution >= 4 is 12.0 Å². The lowest BCUT2D eigenvalue weighted by atomic mass is 10.1. The normalized spacial score (nSPS) is 9.94. The number of carbonyl (C=O) groups is 2. The number of aryl methyl sites for hydroxylation is 1. The Morgan fingerprint density at radius 3 is 2.61 bits per heavy atom. The Morgan fingerprint density at radius 2 is 2.00 bits per heavy atom. The summed E-state index contributed by atoms with van der Waals surface area (Å²) in [6.07, 6.45) is -0.965. The molecule has 0 aliphatic heterocycles. The van der Waals surface area contributed by atoms with Gasteiger partial charge >= 0.3 is 6.09 Å². The van der Waals surface area contributed by atoms with Gasteiger partial charge in [-0.2, -0.15) is 0 Å². The lowest BCUT2D eigenvalue weighted by Gasteiger charge is -2.07. The van der Waals surface area contributed by atoms with E-state index in [0.29, 0.717) is 6.07 Å². The van der Waals surface area contributed by atoms with E-state index in [9.17, 15) is 18.4 Å². The second-order valence-corrected chi connectivity index (χ2v) is 3.50. The van der Waals surface area contributed by atoms with Crippen LogP contribution in [0.4, 0.5) is 13.6 Å². The minimum atomic E-state index is -0.965. The Morgan fingerprint density at radius 1 is 1.33 bits per heavy atom. The minimum absolute atomic E-state index is 0.0162. The van der Waals surface area contributed by atoms with Crippen molar-refractivity contribution in [2.24, 2.45) is 5.73 Å². The number of benzene rings is 1. The fourth-order valence-corrected chi connectivity index (χ4v) is 1.24. The van der Waals surface area contributed by atoms with Crippen LogP contribution in [0.1, 0.15) is 15.9 Å². The van der Waals surface area contributed by atoms with Gasteiger partial charge in [0.25, 0.3) is 5.91 Å². The highest BCUT2D eigenvalue weighted by molar-refractivity contribution is 5.94. The molecule has 7 heteroatoms. The molecule has 0 aromatic heterocycles. The highest BCUT2D eigenvalue weighted by Gasteiger charge is 2.14. The van der Waals surface area contributed by atoms with Crippen LogP contribution < -0.4 is 11.1 Å². The monoisotopic (exact) mass is 258 g/mol. The number of halogens is 2. The second-order valence-electron chi connectivity index (χ2n) is 3.50. The fraction of sp³-hybridized carbons (Fsp3) is 0.273. The summed E-state index contributed by atoms with van der Waals surface area (Å²) in [4.78, 5) is 21.8. The summed E-state index contributed by atoms with van der Waals surface area (Å²) < 4.78 is 30.7. The van der Waals surface area contributed by atoms with Gasteiger partial charge < -0.3 is 15.8 Å². The molecule has 0 unspecified atom stereocenters. The molecule has 0 saturated heterocycles. The standard InChI is InChI=1S/C11H12F2N2O3/c1-6-4-7(9(13)5-8(6)12)10(16)15-2-3-18-11(14)17/h4-5H,2-3H2,1H3,(H2,14,17)(H,15,16). The lowest BCUT2D eigenvalue weighted by Crippen LogP contribution is -2.29. The van der Waals surface area contributed by atoms with Gasteiger partial charge in [0.05, 0.1) is 12.1 Å². The Kier molecular flexibility index (Phi) is 4.59. The van der Waals surface area contributed by atoms with Crippen LogP contribution in [0.5, 0.6) is 0 Å². The van der Waals surface area contributed by atoms with Crippen molar-refractivity contribution in [2.75, 3.05) is 13.2 Å². The van der Waals surface area contributed by atoms with Crippen LogP contribution in [0, 0.1) is 18.6 Å². The number of nitrogens with one attached hydrogen (secondary N) is 1. The molecule has 5 nitrogen and oxygen atoms in total. The van der Waals surface area contributed by atoms with Gasteiger partial charge in [0.2, 0.25) is 0 Å². The summed E-state index contributed by atoms with van der Waals surface area (Å²) in [6.45, 7) is 1.28. The number of amides is 2. The van der Waals surface area contributed by atoms with Crippen molar-refractivity contribution in [2.45, 2.75) is 6.92 Å². The van der Waals surface area contributed by atoms with Crippen molar-refractivity contribution in [3.8, 4) is 0 Å². The predicted molar refractivity (Wildman–Crippen MR) is 59.0 cm³/mol. The first-order valence-electron chi connectivity index (χ1n) is 5.08. The molecule has 18 heavy (non-hydrogen) atoms. The van der Waals surface area contributed by atoms with E-state index in [0.717, 1.165) is 6.07 Å². The Labute approximate surface area is 102 Å². The van der Waals surface area contributed by atoms with E-state index in [-0.39, 0.29) is 24.3 Å². The zero-order valence-corrected chi connectivity index (χ0v) is 9.63. The summed E-state index contributed by atoms with van der Waals surface area (Å²) >= 11 is 0. The predicted octanol–water partition coefficient (Wildman–Crippen LogP) is 1.10. The number of hydrogen-bond acceptors (Lipinski definition) is 3. The van der Waals surface area contributed by atoms with Gasteiger partial charge in [-0.3, -0.25) is 4.79 Å². The lowest BCUT2D eigenvalue weighted by molar-refractivity contribution is 0.0932. The SMILES string of the molecule is Cc1cc(C(=O)NCCOC(N)=O)c(F)cc1F. The van der Waals surface area contributed by atoms with E-state index in [2.05, 4.69) is 10.1 Å². The van der Waals surface area contributed by atoms with Gasteiger partial charge in [-0.05, 0) is 18.6 Å². The second kappa shape index (κ2) is 5.95. The molecule has 1 aromatic carbocycles. The quantitative estimate of drug-likeness (QED) is 0.793. The topological polar surface area (TPSA) is 81.4 Å². The van der Waals surface area contributed by atoms with Crippen LogP contribution in [-0.4, -0.2) is 25.2 Å². The Bertz CT molecular complexity index is 478. The van der Waals surface area contributed by atoms with Crippen LogP contribution >= 0.6 is 0 Å². The largest absolute Gasteiger partial charge is 0.448 e. The number of primary amides is 1. The molecule has 0 saturated carbocycles. The molecule has 3 N–H and O–H groups in total. The van der Waals surface area contributed by atoms with E-state index in [4.69, 9.17) is 5.73 Å². The maximum absolute atomic E-state index is 13.3. The summed E-state index contributed by atoms with van der Waals surface area (Å²) in [7, 11) is 0. The van der Waals surface area contributed by atoms with E-state index in [1.165, 1.54) is 6.92 Å². The van der Waals surface area contributed by atoms with Gasteiger partial charge in [0.1, 0.15) is 18.2 Å². The van der Waals surface area contributed by atoms with Crippen LogP contribution in [0.2, 0.25) is 0 Å². The van der Waals surface area contributed by atoms with Crippen LogP contribution in [0.3, 0.4) is 0 Å². The minimum Gasteiger partial charge on any atom is -0.448 e. The summed E-state index contributed by atoms with van der Waals surface area (Å²) in [5.41, 5.74) is 4.60. The van der Waals surface area contributed by atoms with Crippen molar-refractivity contribution in [3.63, 3.8) is 0 Å². The summed E-state index contributed by atoms with van der Waals surface area (Å²) in [5, 5.41) is 2.31. The average molecular weight is 258 g/mol. The van der Waals surface area contributed by atoms with Crippen LogP contribution in [0.25, 0.3) is 0 Å². The van der Waals surface area contributed by atoms with Gasteiger partial charge in [-0.1, -0.05) is 0 Å². The molecular weight excluding hydrogens is 246 g/mol. The number of hydrogen-bond donors (Lipinski definition) is 2. The van der Waals surface area contributed by atoms with Crippen molar-refractivity contribution in [3.05, 3.63) is 34.9 Å². The van der Waals surface area contributed by atoms with Gasteiger partial charge in [0, 0.05) is 6.07 Å². The fourth-order valence-electron chi connectivity index (χ4n) is 1.24. The molecule has 0 aliphatic rings. The van der Waals surface area contributed by atoms with E-state index in [1.54, 1.807) is 0 Å². The molecule has 0 fully saturated rings. The first-order valence-corrected chi connectivity index (χ1v) is 5.08.